The fourth-order valence-corrected chi connectivity index (χ4v) is 1.24. The maximum absolute atomic E-state index is 12.1. The fourth-order valence-electron chi connectivity index (χ4n) is 1.24. The van der Waals surface area contributed by atoms with Crippen LogP contribution in [0.5, 0.6) is 5.75 Å². The molecule has 0 aliphatic heterocycles. The highest BCUT2D eigenvalue weighted by atomic mass is 35.5. The zero-order chi connectivity index (χ0) is 13.7. The number of anilines is 1. The number of rotatable bonds is 5. The molecule has 0 aliphatic carbocycles. The molecule has 1 atom stereocenters. The van der Waals surface area contributed by atoms with Crippen LogP contribution >= 0.6 is 12.4 Å². The normalized spacial score (nSPS) is 11.7. The second-order valence-electron chi connectivity index (χ2n) is 3.96. The molecule has 0 bridgehead atoms. The molecule has 0 spiro atoms. The lowest BCUT2D eigenvalue weighted by Crippen LogP contribution is -2.32. The zero-order valence-corrected chi connectivity index (χ0v) is 11.5. The molecule has 0 saturated carbocycles. The first kappa shape index (κ1) is 17.6. The molecule has 0 saturated heterocycles. The zero-order valence-electron chi connectivity index (χ0n) is 10.7. The third kappa shape index (κ3) is 5.85. The molecule has 108 valence electrons. The number of carbonyl (C=O) groups is 1. The average molecular weight is 295 g/mol. The lowest BCUT2D eigenvalue weighted by Gasteiger charge is -2.12. The lowest BCUT2D eigenvalue weighted by atomic mass is 10.2. The van der Waals surface area contributed by atoms with Gasteiger partial charge in [0, 0.05) is 11.8 Å². The minimum atomic E-state index is -2.54. The van der Waals surface area contributed by atoms with Crippen molar-refractivity contribution in [1.29, 1.82) is 0 Å². The van der Waals surface area contributed by atoms with Crippen molar-refractivity contribution in [2.45, 2.75) is 26.3 Å². The summed E-state index contributed by atoms with van der Waals surface area (Å²) in [6.45, 7) is 2.61. The average Bonchev–Trinajstić information content (AvgIpc) is 2.29. The summed E-state index contributed by atoms with van der Waals surface area (Å²) < 4.78 is 29.1. The minimum Gasteiger partial charge on any atom is -0.487 e. The highest BCUT2D eigenvalue weighted by molar-refractivity contribution is 5.94. The van der Waals surface area contributed by atoms with Gasteiger partial charge in [-0.3, -0.25) is 4.79 Å². The van der Waals surface area contributed by atoms with E-state index in [-0.39, 0.29) is 18.3 Å². The Hall–Kier alpha value is -1.40. The Kier molecular flexibility index (Phi) is 7.33. The molecular weight excluding hydrogens is 278 g/mol. The van der Waals surface area contributed by atoms with Gasteiger partial charge in [0.1, 0.15) is 12.4 Å². The summed E-state index contributed by atoms with van der Waals surface area (Å²) in [6, 6.07) is 4.19. The van der Waals surface area contributed by atoms with Crippen molar-refractivity contribution in [2.24, 2.45) is 5.73 Å². The number of ether oxygens (including phenoxy) is 1. The van der Waals surface area contributed by atoms with Crippen LogP contribution in [0.2, 0.25) is 0 Å². The van der Waals surface area contributed by atoms with Crippen molar-refractivity contribution < 1.29 is 18.3 Å². The molecule has 0 unspecified atom stereocenters. The number of nitrogens with one attached hydrogen (secondary N) is 1. The van der Waals surface area contributed by atoms with Crippen molar-refractivity contribution in [3.05, 3.63) is 23.8 Å². The molecule has 1 rings (SSSR count). The molecule has 4 nitrogen and oxygen atoms in total. The standard InChI is InChI=1S/C12H16F2N2O2.ClH/c1-7-3-4-9(16-12(17)8(2)15)5-10(7)18-6-11(13)14;/h3-5,8,11H,6,15H2,1-2H3,(H,16,17);1H/t8-;/m1./s1. The van der Waals surface area contributed by atoms with E-state index in [0.29, 0.717) is 11.4 Å². The quantitative estimate of drug-likeness (QED) is 0.876. The largest absolute Gasteiger partial charge is 0.487 e. The molecule has 0 radical (unpaired) electrons. The number of carbonyl (C=O) groups excluding carboxylic acids is 1. The lowest BCUT2D eigenvalue weighted by molar-refractivity contribution is -0.117. The second-order valence-corrected chi connectivity index (χ2v) is 3.96. The molecule has 0 aromatic heterocycles. The monoisotopic (exact) mass is 294 g/mol. The van der Waals surface area contributed by atoms with Crippen LogP contribution in [-0.2, 0) is 4.79 Å². The van der Waals surface area contributed by atoms with Crippen molar-refractivity contribution in [3.8, 4) is 5.75 Å². The predicted molar refractivity (Wildman–Crippen MR) is 72.2 cm³/mol. The van der Waals surface area contributed by atoms with E-state index in [0.717, 1.165) is 5.56 Å². The van der Waals surface area contributed by atoms with Gasteiger partial charge in [0.25, 0.3) is 6.43 Å². The summed E-state index contributed by atoms with van der Waals surface area (Å²) in [7, 11) is 0. The summed E-state index contributed by atoms with van der Waals surface area (Å²) in [5.74, 6) is -0.0311. The Morgan fingerprint density at radius 3 is 2.63 bits per heavy atom. The topological polar surface area (TPSA) is 64.4 Å². The fraction of sp³-hybridized carbons (Fsp3) is 0.417. The van der Waals surface area contributed by atoms with Crippen LogP contribution in [0.15, 0.2) is 18.2 Å². The maximum atomic E-state index is 12.1. The van der Waals surface area contributed by atoms with E-state index in [1.807, 2.05) is 0 Å². The summed E-state index contributed by atoms with van der Waals surface area (Å²) in [6.07, 6.45) is -2.54. The van der Waals surface area contributed by atoms with Gasteiger partial charge in [-0.05, 0) is 25.5 Å². The first-order valence-electron chi connectivity index (χ1n) is 5.48. The second kappa shape index (κ2) is 7.91. The minimum absolute atomic E-state index is 0. The van der Waals surface area contributed by atoms with Gasteiger partial charge in [-0.25, -0.2) is 8.78 Å². The summed E-state index contributed by atoms with van der Waals surface area (Å²) >= 11 is 0. The highest BCUT2D eigenvalue weighted by Gasteiger charge is 2.10. The van der Waals surface area contributed by atoms with Gasteiger partial charge >= 0.3 is 0 Å². The number of hydrogen-bond acceptors (Lipinski definition) is 3. The first-order valence-corrected chi connectivity index (χ1v) is 5.48. The molecule has 19 heavy (non-hydrogen) atoms. The van der Waals surface area contributed by atoms with Crippen molar-refractivity contribution >= 4 is 24.0 Å². The molecule has 0 fully saturated rings. The summed E-state index contributed by atoms with van der Waals surface area (Å²) in [5.41, 5.74) is 6.59. The van der Waals surface area contributed by atoms with Crippen molar-refractivity contribution in [2.75, 3.05) is 11.9 Å². The van der Waals surface area contributed by atoms with E-state index >= 15 is 0 Å². The molecule has 1 aromatic carbocycles. The van der Waals surface area contributed by atoms with Crippen LogP contribution in [0.3, 0.4) is 0 Å². The Morgan fingerprint density at radius 2 is 2.11 bits per heavy atom. The third-order valence-electron chi connectivity index (χ3n) is 2.23. The van der Waals surface area contributed by atoms with E-state index in [9.17, 15) is 13.6 Å². The number of nitrogens with two attached hydrogens (primary N) is 1. The number of alkyl halides is 2. The van der Waals surface area contributed by atoms with Crippen LogP contribution in [0.1, 0.15) is 12.5 Å². The van der Waals surface area contributed by atoms with Crippen LogP contribution in [0.25, 0.3) is 0 Å². The van der Waals surface area contributed by atoms with Gasteiger partial charge in [-0.1, -0.05) is 6.07 Å². The van der Waals surface area contributed by atoms with Crippen LogP contribution < -0.4 is 15.8 Å². The van der Waals surface area contributed by atoms with Gasteiger partial charge in [0.05, 0.1) is 6.04 Å². The van der Waals surface area contributed by atoms with Crippen LogP contribution in [-0.4, -0.2) is 25.0 Å². The molecule has 1 amide bonds. The number of aryl methyl sites for hydroxylation is 1. The molecule has 3 N–H and O–H groups in total. The van der Waals surface area contributed by atoms with Gasteiger partial charge in [-0.15, -0.1) is 12.4 Å². The summed E-state index contributed by atoms with van der Waals surface area (Å²) in [5, 5.41) is 2.57. The van der Waals surface area contributed by atoms with E-state index < -0.39 is 19.1 Å². The Morgan fingerprint density at radius 1 is 1.47 bits per heavy atom. The Balaban J connectivity index is 0.00000324. The molecule has 7 heteroatoms. The number of halogens is 3. The van der Waals surface area contributed by atoms with Gasteiger partial charge in [-0.2, -0.15) is 0 Å². The van der Waals surface area contributed by atoms with Crippen LogP contribution in [0.4, 0.5) is 14.5 Å². The smallest absolute Gasteiger partial charge is 0.272 e. The molecule has 1 aromatic rings. The predicted octanol–water partition coefficient (Wildman–Crippen LogP) is 2.35. The number of amides is 1. The Bertz CT molecular complexity index is 428. The Labute approximate surface area is 116 Å². The van der Waals surface area contributed by atoms with Crippen LogP contribution in [0, 0.1) is 6.92 Å². The van der Waals surface area contributed by atoms with Gasteiger partial charge in [0.2, 0.25) is 5.91 Å². The first-order chi connectivity index (χ1) is 8.40. The van der Waals surface area contributed by atoms with Crippen molar-refractivity contribution in [3.63, 3.8) is 0 Å². The molecule has 0 aliphatic rings. The SMILES string of the molecule is Cc1ccc(NC(=O)[C@@H](C)N)cc1OCC(F)F.Cl. The van der Waals surface area contributed by atoms with E-state index in [1.54, 1.807) is 26.0 Å². The molecule has 0 heterocycles. The van der Waals surface area contributed by atoms with E-state index in [4.69, 9.17) is 10.5 Å². The third-order valence-corrected chi connectivity index (χ3v) is 2.23. The number of benzene rings is 1. The maximum Gasteiger partial charge on any atom is 0.272 e. The number of hydrogen-bond donors (Lipinski definition) is 2. The molecular formula is C12H17ClF2N2O2. The summed E-state index contributed by atoms with van der Waals surface area (Å²) in [4.78, 5) is 11.4. The van der Waals surface area contributed by atoms with Gasteiger partial charge < -0.3 is 15.8 Å². The van der Waals surface area contributed by atoms with E-state index in [1.165, 1.54) is 6.07 Å². The highest BCUT2D eigenvalue weighted by Crippen LogP contribution is 2.23. The van der Waals surface area contributed by atoms with Crippen molar-refractivity contribution in [1.82, 2.24) is 0 Å². The van der Waals surface area contributed by atoms with Gasteiger partial charge in [0.15, 0.2) is 0 Å². The van der Waals surface area contributed by atoms with E-state index in [2.05, 4.69) is 5.32 Å².